The van der Waals surface area contributed by atoms with Gasteiger partial charge in [-0.3, -0.25) is 0 Å². The summed E-state index contributed by atoms with van der Waals surface area (Å²) in [7, 11) is 0. The normalized spacial score (nSPS) is 7.27. The molecule has 0 bridgehead atoms. The Bertz CT molecular complexity index is 213. The average molecular weight is 264 g/mol. The fourth-order valence-corrected chi connectivity index (χ4v) is 0.581. The number of hydrogen-bond acceptors (Lipinski definition) is 1. The molecule has 1 aromatic carbocycles. The van der Waals surface area contributed by atoms with Crippen LogP contribution < -0.4 is 0 Å². The van der Waals surface area contributed by atoms with Crippen molar-refractivity contribution in [2.24, 2.45) is 0 Å². The molecule has 0 heterocycles. The molecule has 1 aromatic rings. The van der Waals surface area contributed by atoms with Crippen LogP contribution in [0.15, 0.2) is 30.3 Å². The van der Waals surface area contributed by atoms with Crippen LogP contribution in [0.5, 0.6) is 0 Å². The molecule has 0 radical (unpaired) electrons. The van der Waals surface area contributed by atoms with Crippen LogP contribution in [0.3, 0.4) is 0 Å². The van der Waals surface area contributed by atoms with Crippen molar-refractivity contribution in [3.8, 4) is 0 Å². The summed E-state index contributed by atoms with van der Waals surface area (Å²) in [6, 6.07) is 8.30. The van der Waals surface area contributed by atoms with E-state index in [1.165, 1.54) is 0 Å². The zero-order valence-corrected chi connectivity index (χ0v) is 4.74. The van der Waals surface area contributed by atoms with Gasteiger partial charge in [-0.1, -0.05) is 18.2 Å². The molecule has 0 amide bonds. The molecule has 0 saturated carbocycles. The van der Waals surface area contributed by atoms with Gasteiger partial charge in [-0.25, -0.2) is 4.79 Å². The van der Waals surface area contributed by atoms with E-state index in [2.05, 4.69) is 0 Å². The molecular weight excluding hydrogens is 256 g/mol. The third-order valence-electron chi connectivity index (χ3n) is 1.02. The number of rotatable bonds is 1. The molecule has 2 nitrogen and oxygen atoms in total. The third-order valence-corrected chi connectivity index (χ3v) is 1.02. The Morgan fingerprint density at radius 1 is 1.18 bits per heavy atom. The number of aromatic carboxylic acids is 1. The maximum absolute atomic E-state index is 10.2. The van der Waals surface area contributed by atoms with Gasteiger partial charge in [-0.2, -0.15) is 0 Å². The van der Waals surface area contributed by atoms with E-state index in [4.69, 9.17) is 5.11 Å². The van der Waals surface area contributed by atoms with E-state index >= 15 is 0 Å². The summed E-state index contributed by atoms with van der Waals surface area (Å²) in [5.41, 5.74) is 0.331. The van der Waals surface area contributed by atoms with Gasteiger partial charge in [0, 0.05) is 0 Å². The Morgan fingerprint density at radius 3 is 1.91 bits per heavy atom. The zero-order chi connectivity index (χ0) is 6.69. The Balaban J connectivity index is 0. The van der Waals surface area contributed by atoms with Gasteiger partial charge in [0.1, 0.15) is 0 Å². The monoisotopic (exact) mass is 264 g/mol. The summed E-state index contributed by atoms with van der Waals surface area (Å²) >= 11 is 0. The number of benzene rings is 1. The molecule has 0 atom stereocenters. The van der Waals surface area contributed by atoms with Gasteiger partial charge >= 0.3 is 93.7 Å². The second kappa shape index (κ2) is 7.96. The number of carboxylic acid groups (broad SMARTS) is 1. The predicted molar refractivity (Wildman–Crippen MR) is 47.7 cm³/mol. The van der Waals surface area contributed by atoms with Crippen molar-refractivity contribution in [3.63, 3.8) is 0 Å². The summed E-state index contributed by atoms with van der Waals surface area (Å²) in [6.45, 7) is 0. The van der Waals surface area contributed by atoms with Crippen molar-refractivity contribution in [2.75, 3.05) is 0 Å². The molecule has 0 aliphatic rings. The molecule has 0 fully saturated rings. The Labute approximate surface area is 136 Å². The van der Waals surface area contributed by atoms with E-state index < -0.39 is 5.97 Å². The van der Waals surface area contributed by atoms with Gasteiger partial charge in [0.2, 0.25) is 0 Å². The van der Waals surface area contributed by atoms with E-state index in [-0.39, 0.29) is 87.8 Å². The molecule has 0 saturated heterocycles. The minimum atomic E-state index is -0.879. The molecule has 0 unspecified atom stereocenters. The maximum atomic E-state index is 10.2. The van der Waals surface area contributed by atoms with Gasteiger partial charge in [-0.15, -0.1) is 0 Å². The Hall–Kier alpha value is 1.34. The van der Waals surface area contributed by atoms with Gasteiger partial charge in [0.25, 0.3) is 0 Å². The third kappa shape index (κ3) is 5.56. The second-order valence-corrected chi connectivity index (χ2v) is 1.67. The van der Waals surface area contributed by atoms with E-state index in [1.54, 1.807) is 30.3 Å². The van der Waals surface area contributed by atoms with Crippen molar-refractivity contribution < 1.29 is 9.90 Å². The molecule has 11 heavy (non-hydrogen) atoms. The van der Waals surface area contributed by atoms with E-state index in [9.17, 15) is 4.79 Å². The molecule has 0 aliphatic heterocycles. The Morgan fingerprint density at radius 2 is 1.64 bits per heavy atom. The van der Waals surface area contributed by atoms with Crippen molar-refractivity contribution in [3.05, 3.63) is 35.9 Å². The number of carboxylic acids is 1. The quantitative estimate of drug-likeness (QED) is 0.730. The minimum absolute atomic E-state index is 0. The second-order valence-electron chi connectivity index (χ2n) is 1.67. The first-order valence-electron chi connectivity index (χ1n) is 2.59. The van der Waals surface area contributed by atoms with Crippen LogP contribution in [0.4, 0.5) is 0 Å². The number of hydrogen-bond donors (Lipinski definition) is 1. The zero-order valence-electron chi connectivity index (χ0n) is 4.74. The van der Waals surface area contributed by atoms with Gasteiger partial charge in [0.05, 0.1) is 5.56 Å². The van der Waals surface area contributed by atoms with Gasteiger partial charge < -0.3 is 5.11 Å². The van der Waals surface area contributed by atoms with Gasteiger partial charge in [0.15, 0.2) is 0 Å². The summed E-state index contributed by atoms with van der Waals surface area (Å²) in [6.07, 6.45) is 0. The molecule has 1 rings (SSSR count). The number of carbonyl (C=O) groups is 1. The molecule has 1 N–H and O–H groups in total. The van der Waals surface area contributed by atoms with Crippen molar-refractivity contribution in [2.45, 2.75) is 0 Å². The summed E-state index contributed by atoms with van der Waals surface area (Å²) in [5, 5.41) is 8.38. The fraction of sp³-hybridized carbons (Fsp3) is 0. The van der Waals surface area contributed by atoms with Crippen molar-refractivity contribution in [1.82, 2.24) is 0 Å². The van der Waals surface area contributed by atoms with Gasteiger partial charge in [-0.05, 0) is 12.1 Å². The topological polar surface area (TPSA) is 37.3 Å². The molecule has 0 aromatic heterocycles. The van der Waals surface area contributed by atoms with Crippen LogP contribution in [0.2, 0.25) is 0 Å². The molecule has 4 heteroatoms. The van der Waals surface area contributed by atoms with E-state index in [0.29, 0.717) is 5.56 Å². The summed E-state index contributed by atoms with van der Waals surface area (Å²) in [4.78, 5) is 10.2. The van der Waals surface area contributed by atoms with Crippen LogP contribution in [-0.2, 0) is 0 Å². The first kappa shape index (κ1) is 14.8. The van der Waals surface area contributed by atoms with Crippen molar-refractivity contribution in [1.29, 1.82) is 0 Å². The van der Waals surface area contributed by atoms with E-state index in [0.717, 1.165) is 0 Å². The Kier molecular flexibility index (Phi) is 10.7. The van der Waals surface area contributed by atoms with E-state index in [1.807, 2.05) is 0 Å². The SMILES string of the molecule is O=C(O)c1ccccc1.[CsH].[LiH]. The standard InChI is InChI=1S/C7H6O2.Cs.Li.2H/c8-7(9)6-4-2-1-3-5-6;;;;/h1-5H,(H,8,9);;;;. The first-order valence-corrected chi connectivity index (χ1v) is 2.59. The summed E-state index contributed by atoms with van der Waals surface area (Å²) < 4.78 is 0. The molecule has 0 spiro atoms. The summed E-state index contributed by atoms with van der Waals surface area (Å²) in [5.74, 6) is -0.879. The van der Waals surface area contributed by atoms with Crippen LogP contribution in [0, 0.1) is 0 Å². The fourth-order valence-electron chi connectivity index (χ4n) is 0.581. The predicted octanol–water partition coefficient (Wildman–Crippen LogP) is 0.0878. The average Bonchev–Trinajstić information content (AvgIpc) is 1.90. The van der Waals surface area contributed by atoms with Crippen LogP contribution >= 0.6 is 0 Å². The first-order chi connectivity index (χ1) is 4.30. The van der Waals surface area contributed by atoms with Crippen LogP contribution in [0.1, 0.15) is 10.4 Å². The molecule has 0 aliphatic carbocycles. The van der Waals surface area contributed by atoms with Crippen LogP contribution in [-0.4, -0.2) is 98.8 Å². The van der Waals surface area contributed by atoms with Crippen LogP contribution in [0.25, 0.3) is 0 Å². The van der Waals surface area contributed by atoms with Crippen molar-refractivity contribution >= 4 is 93.7 Å². The molecule has 50 valence electrons. The molecular formula is C7H8CsLiO2.